The van der Waals surface area contributed by atoms with Crippen LogP contribution >= 0.6 is 0 Å². The Bertz CT molecular complexity index is 363. The molecule has 0 aliphatic rings. The predicted octanol–water partition coefficient (Wildman–Crippen LogP) is 1.95. The lowest BCUT2D eigenvalue weighted by atomic mass is 9.94. The second-order valence-electron chi connectivity index (χ2n) is 4.40. The first-order chi connectivity index (χ1) is 8.17. The molecule has 0 heterocycles. The Morgan fingerprint density at radius 3 is 2.82 bits per heavy atom. The summed E-state index contributed by atoms with van der Waals surface area (Å²) in [7, 11) is 0. The normalized spacial score (nSPS) is 12.2. The van der Waals surface area contributed by atoms with Crippen LogP contribution in [0.3, 0.4) is 0 Å². The van der Waals surface area contributed by atoms with Gasteiger partial charge in [-0.1, -0.05) is 36.8 Å². The highest BCUT2D eigenvalue weighted by Gasteiger charge is 2.14. The topological polar surface area (TPSA) is 55.1 Å². The van der Waals surface area contributed by atoms with Crippen LogP contribution in [0.1, 0.15) is 36.8 Å². The third-order valence-corrected chi connectivity index (χ3v) is 2.80. The van der Waals surface area contributed by atoms with Gasteiger partial charge in [-0.3, -0.25) is 4.79 Å². The van der Waals surface area contributed by atoms with E-state index in [-0.39, 0.29) is 11.8 Å². The highest BCUT2D eigenvalue weighted by Crippen LogP contribution is 2.19. The lowest BCUT2D eigenvalue weighted by Crippen LogP contribution is -2.27. The number of carbonyl (C=O) groups is 1. The third kappa shape index (κ3) is 4.57. The van der Waals surface area contributed by atoms with Crippen molar-refractivity contribution in [3.8, 4) is 0 Å². The molecule has 3 N–H and O–H groups in total. The summed E-state index contributed by atoms with van der Waals surface area (Å²) in [5.74, 6) is 0.204. The van der Waals surface area contributed by atoms with Crippen LogP contribution in [0.15, 0.2) is 24.3 Å². The summed E-state index contributed by atoms with van der Waals surface area (Å²) in [6, 6.07) is 8.20. The molecule has 0 bridgehead atoms. The van der Waals surface area contributed by atoms with Crippen LogP contribution in [0.25, 0.3) is 0 Å². The lowest BCUT2D eigenvalue weighted by molar-refractivity contribution is -0.121. The van der Waals surface area contributed by atoms with Gasteiger partial charge in [-0.15, -0.1) is 0 Å². The van der Waals surface area contributed by atoms with Crippen molar-refractivity contribution < 1.29 is 4.79 Å². The maximum Gasteiger partial charge on any atom is 0.220 e. The van der Waals surface area contributed by atoms with Crippen LogP contribution in [0.2, 0.25) is 0 Å². The minimum absolute atomic E-state index is 0.0869. The van der Waals surface area contributed by atoms with E-state index in [1.807, 2.05) is 32.0 Å². The van der Waals surface area contributed by atoms with Gasteiger partial charge < -0.3 is 11.1 Å². The Kier molecular flexibility index (Phi) is 5.70. The van der Waals surface area contributed by atoms with Gasteiger partial charge in [0.15, 0.2) is 0 Å². The summed E-state index contributed by atoms with van der Waals surface area (Å²) in [5, 5.41) is 2.89. The van der Waals surface area contributed by atoms with Gasteiger partial charge in [0.1, 0.15) is 0 Å². The van der Waals surface area contributed by atoms with E-state index >= 15 is 0 Å². The van der Waals surface area contributed by atoms with Crippen LogP contribution < -0.4 is 11.1 Å². The van der Waals surface area contributed by atoms with Crippen LogP contribution in [0.4, 0.5) is 0 Å². The molecule has 1 amide bonds. The fourth-order valence-corrected chi connectivity index (χ4v) is 1.82. The highest BCUT2D eigenvalue weighted by atomic mass is 16.1. The first-order valence-corrected chi connectivity index (χ1v) is 6.20. The second-order valence-corrected chi connectivity index (χ2v) is 4.40. The number of nitrogens with one attached hydrogen (secondary N) is 1. The number of rotatable bonds is 6. The van der Waals surface area contributed by atoms with Gasteiger partial charge in [-0.2, -0.15) is 0 Å². The minimum atomic E-state index is 0.0869. The average molecular weight is 234 g/mol. The Morgan fingerprint density at radius 2 is 2.24 bits per heavy atom. The number of aryl methyl sites for hydroxylation is 1. The summed E-state index contributed by atoms with van der Waals surface area (Å²) in [4.78, 5) is 11.7. The van der Waals surface area contributed by atoms with Crippen molar-refractivity contribution in [1.82, 2.24) is 5.32 Å². The first-order valence-electron chi connectivity index (χ1n) is 6.20. The van der Waals surface area contributed by atoms with E-state index in [1.165, 1.54) is 5.56 Å². The van der Waals surface area contributed by atoms with E-state index in [0.29, 0.717) is 13.0 Å². The zero-order valence-corrected chi connectivity index (χ0v) is 10.7. The Morgan fingerprint density at radius 1 is 1.47 bits per heavy atom. The van der Waals surface area contributed by atoms with E-state index < -0.39 is 0 Å². The van der Waals surface area contributed by atoms with E-state index in [9.17, 15) is 4.79 Å². The van der Waals surface area contributed by atoms with Crippen molar-refractivity contribution in [2.75, 3.05) is 13.1 Å². The molecule has 1 atom stereocenters. The third-order valence-electron chi connectivity index (χ3n) is 2.80. The van der Waals surface area contributed by atoms with E-state index in [2.05, 4.69) is 11.4 Å². The summed E-state index contributed by atoms with van der Waals surface area (Å²) in [6.07, 6.45) is 1.43. The van der Waals surface area contributed by atoms with Crippen molar-refractivity contribution >= 4 is 5.91 Å². The first kappa shape index (κ1) is 13.7. The molecule has 0 fully saturated rings. The molecular weight excluding hydrogens is 212 g/mol. The molecule has 3 nitrogen and oxygen atoms in total. The molecule has 94 valence electrons. The predicted molar refractivity (Wildman–Crippen MR) is 70.9 cm³/mol. The SMILES string of the molecule is CCCNC(=O)CC(CN)c1cccc(C)c1. The van der Waals surface area contributed by atoms with Gasteiger partial charge in [0.05, 0.1) is 0 Å². The van der Waals surface area contributed by atoms with E-state index in [1.54, 1.807) is 0 Å². The van der Waals surface area contributed by atoms with Crippen LogP contribution in [0, 0.1) is 6.92 Å². The smallest absolute Gasteiger partial charge is 0.220 e. The molecular formula is C14H22N2O. The van der Waals surface area contributed by atoms with Gasteiger partial charge in [0, 0.05) is 18.9 Å². The van der Waals surface area contributed by atoms with Crippen LogP contribution in [0.5, 0.6) is 0 Å². The Hall–Kier alpha value is -1.35. The molecule has 0 aliphatic carbocycles. The molecule has 0 radical (unpaired) electrons. The number of carbonyl (C=O) groups excluding carboxylic acids is 1. The number of nitrogens with two attached hydrogens (primary N) is 1. The maximum absolute atomic E-state index is 11.7. The molecule has 1 aromatic carbocycles. The van der Waals surface area contributed by atoms with Gasteiger partial charge in [-0.05, 0) is 25.5 Å². The van der Waals surface area contributed by atoms with Crippen LogP contribution in [-0.2, 0) is 4.79 Å². The number of benzene rings is 1. The molecule has 0 spiro atoms. The van der Waals surface area contributed by atoms with E-state index in [4.69, 9.17) is 5.73 Å². The van der Waals surface area contributed by atoms with Gasteiger partial charge in [0.2, 0.25) is 5.91 Å². The second kappa shape index (κ2) is 7.07. The average Bonchev–Trinajstić information content (AvgIpc) is 2.33. The van der Waals surface area contributed by atoms with E-state index in [0.717, 1.165) is 18.5 Å². The largest absolute Gasteiger partial charge is 0.356 e. The van der Waals surface area contributed by atoms with Crippen molar-refractivity contribution in [2.24, 2.45) is 5.73 Å². The van der Waals surface area contributed by atoms with Crippen molar-refractivity contribution in [3.63, 3.8) is 0 Å². The summed E-state index contributed by atoms with van der Waals surface area (Å²) in [5.41, 5.74) is 8.11. The molecule has 17 heavy (non-hydrogen) atoms. The maximum atomic E-state index is 11.7. The number of hydrogen-bond acceptors (Lipinski definition) is 2. The summed E-state index contributed by atoms with van der Waals surface area (Å²) < 4.78 is 0. The quantitative estimate of drug-likeness (QED) is 0.790. The van der Waals surface area contributed by atoms with Crippen molar-refractivity contribution in [1.29, 1.82) is 0 Å². The lowest BCUT2D eigenvalue weighted by Gasteiger charge is -2.15. The molecule has 0 aromatic heterocycles. The number of hydrogen-bond donors (Lipinski definition) is 2. The fourth-order valence-electron chi connectivity index (χ4n) is 1.82. The number of amides is 1. The molecule has 0 saturated carbocycles. The zero-order valence-electron chi connectivity index (χ0n) is 10.7. The molecule has 0 aliphatic heterocycles. The highest BCUT2D eigenvalue weighted by molar-refractivity contribution is 5.76. The van der Waals surface area contributed by atoms with Crippen LogP contribution in [-0.4, -0.2) is 19.0 Å². The molecule has 1 unspecified atom stereocenters. The molecule has 0 saturated heterocycles. The molecule has 3 heteroatoms. The Balaban J connectivity index is 2.62. The van der Waals surface area contributed by atoms with Crippen molar-refractivity contribution in [2.45, 2.75) is 32.6 Å². The van der Waals surface area contributed by atoms with Gasteiger partial charge in [0.25, 0.3) is 0 Å². The molecule has 1 rings (SSSR count). The molecule has 1 aromatic rings. The van der Waals surface area contributed by atoms with Gasteiger partial charge >= 0.3 is 0 Å². The monoisotopic (exact) mass is 234 g/mol. The van der Waals surface area contributed by atoms with Crippen molar-refractivity contribution in [3.05, 3.63) is 35.4 Å². The minimum Gasteiger partial charge on any atom is -0.356 e. The summed E-state index contributed by atoms with van der Waals surface area (Å²) in [6.45, 7) is 5.34. The Labute approximate surface area is 103 Å². The standard InChI is InChI=1S/C14H22N2O/c1-3-7-16-14(17)9-13(10-15)12-6-4-5-11(2)8-12/h4-6,8,13H,3,7,9-10,15H2,1-2H3,(H,16,17). The summed E-state index contributed by atoms with van der Waals surface area (Å²) >= 11 is 0. The van der Waals surface area contributed by atoms with Gasteiger partial charge in [-0.25, -0.2) is 0 Å². The fraction of sp³-hybridized carbons (Fsp3) is 0.500. The zero-order chi connectivity index (χ0) is 12.7.